The van der Waals surface area contributed by atoms with E-state index in [1.807, 2.05) is 30.3 Å². The number of nitrogens with zero attached hydrogens (tertiary/aromatic N) is 1. The van der Waals surface area contributed by atoms with E-state index in [4.69, 9.17) is 44.0 Å². The van der Waals surface area contributed by atoms with Gasteiger partial charge in [-0.15, -0.1) is 0 Å². The summed E-state index contributed by atoms with van der Waals surface area (Å²) in [5, 5.41) is 0.444. The van der Waals surface area contributed by atoms with Crippen LogP contribution in [0.2, 0.25) is 15.1 Å². The Morgan fingerprint density at radius 2 is 1.75 bits per heavy atom. The lowest BCUT2D eigenvalue weighted by atomic mass is 10.2. The highest BCUT2D eigenvalue weighted by Gasteiger charge is 2.19. The first-order valence-corrected chi connectivity index (χ1v) is 8.00. The van der Waals surface area contributed by atoms with Crippen molar-refractivity contribution in [3.8, 4) is 11.5 Å². The third-order valence-electron chi connectivity index (χ3n) is 3.17. The molecular weight excluding hydrogens is 373 g/mol. The Balaban J connectivity index is 1.72. The summed E-state index contributed by atoms with van der Waals surface area (Å²) in [5.41, 5.74) is 1.32. The van der Waals surface area contributed by atoms with E-state index in [-0.39, 0.29) is 27.2 Å². The van der Waals surface area contributed by atoms with Crippen LogP contribution in [0.25, 0.3) is 11.5 Å². The zero-order valence-electron chi connectivity index (χ0n) is 12.1. The number of carbonyl (C=O) groups is 1. The molecule has 0 unspecified atom stereocenters. The number of aromatic nitrogens is 1. The number of halogens is 3. The molecule has 0 N–H and O–H groups in total. The van der Waals surface area contributed by atoms with Crippen LogP contribution in [0.4, 0.5) is 0 Å². The van der Waals surface area contributed by atoms with Gasteiger partial charge in [-0.2, -0.15) is 0 Å². The zero-order chi connectivity index (χ0) is 17.1. The van der Waals surface area contributed by atoms with Crippen molar-refractivity contribution in [3.05, 3.63) is 75.1 Å². The molecule has 24 heavy (non-hydrogen) atoms. The van der Waals surface area contributed by atoms with Crippen molar-refractivity contribution in [2.24, 2.45) is 0 Å². The molecule has 1 heterocycles. The van der Waals surface area contributed by atoms with Crippen LogP contribution in [-0.2, 0) is 11.3 Å². The Bertz CT molecular complexity index is 878. The molecule has 4 nitrogen and oxygen atoms in total. The maximum atomic E-state index is 12.2. The Morgan fingerprint density at radius 3 is 2.50 bits per heavy atom. The van der Waals surface area contributed by atoms with Gasteiger partial charge in [-0.05, 0) is 24.3 Å². The number of oxazole rings is 1. The first-order valence-electron chi connectivity index (χ1n) is 6.86. The number of carbonyl (C=O) groups excluding carboxylic acids is 1. The number of hydrogen-bond acceptors (Lipinski definition) is 4. The fourth-order valence-corrected chi connectivity index (χ4v) is 2.69. The normalized spacial score (nSPS) is 10.6. The molecule has 0 fully saturated rings. The first-order chi connectivity index (χ1) is 11.6. The summed E-state index contributed by atoms with van der Waals surface area (Å²) in [7, 11) is 0. The van der Waals surface area contributed by atoms with Crippen molar-refractivity contribution in [2.45, 2.75) is 6.61 Å². The lowest BCUT2D eigenvalue weighted by Gasteiger charge is -2.07. The van der Waals surface area contributed by atoms with Crippen LogP contribution in [0.3, 0.4) is 0 Å². The predicted molar refractivity (Wildman–Crippen MR) is 92.5 cm³/mol. The molecule has 3 aromatic rings. The van der Waals surface area contributed by atoms with Gasteiger partial charge < -0.3 is 9.15 Å². The molecule has 122 valence electrons. The van der Waals surface area contributed by atoms with E-state index < -0.39 is 5.97 Å². The predicted octanol–water partition coefficient (Wildman–Crippen LogP) is 5.66. The van der Waals surface area contributed by atoms with E-state index in [1.54, 1.807) is 0 Å². The topological polar surface area (TPSA) is 52.3 Å². The fraction of sp³-hybridized carbons (Fsp3) is 0.0588. The molecular formula is C17H10Cl3NO3. The van der Waals surface area contributed by atoms with E-state index in [9.17, 15) is 4.79 Å². The van der Waals surface area contributed by atoms with Crippen molar-refractivity contribution in [2.75, 3.05) is 0 Å². The van der Waals surface area contributed by atoms with Gasteiger partial charge in [-0.1, -0.05) is 53.0 Å². The van der Waals surface area contributed by atoms with E-state index in [2.05, 4.69) is 4.98 Å². The molecule has 0 bridgehead atoms. The van der Waals surface area contributed by atoms with Crippen molar-refractivity contribution in [1.29, 1.82) is 0 Å². The second-order valence-corrected chi connectivity index (χ2v) is 6.00. The average Bonchev–Trinajstić information content (AvgIpc) is 3.06. The van der Waals surface area contributed by atoms with Gasteiger partial charge in [0.1, 0.15) is 18.6 Å². The molecule has 1 aromatic heterocycles. The number of benzene rings is 2. The van der Waals surface area contributed by atoms with E-state index in [0.717, 1.165) is 5.56 Å². The lowest BCUT2D eigenvalue weighted by molar-refractivity contribution is 0.0468. The third-order valence-corrected chi connectivity index (χ3v) is 4.29. The van der Waals surface area contributed by atoms with Crippen LogP contribution in [0.15, 0.2) is 53.1 Å². The molecule has 0 aliphatic heterocycles. The molecule has 0 atom stereocenters. The monoisotopic (exact) mass is 381 g/mol. The van der Waals surface area contributed by atoms with Crippen molar-refractivity contribution < 1.29 is 13.9 Å². The Hall–Kier alpha value is -2.01. The number of esters is 1. The molecule has 2 aromatic carbocycles. The lowest BCUT2D eigenvalue weighted by Crippen LogP contribution is -2.07. The van der Waals surface area contributed by atoms with Crippen LogP contribution in [0.5, 0.6) is 0 Å². The second-order valence-electron chi connectivity index (χ2n) is 4.80. The summed E-state index contributed by atoms with van der Waals surface area (Å²) in [5.74, 6) is -0.239. The molecule has 0 amide bonds. The van der Waals surface area contributed by atoms with E-state index in [1.165, 1.54) is 18.4 Å². The molecule has 0 aliphatic carbocycles. The third kappa shape index (κ3) is 3.56. The number of ether oxygens (including phenoxy) is 1. The summed E-state index contributed by atoms with van der Waals surface area (Å²) in [6.07, 6.45) is 1.43. The van der Waals surface area contributed by atoms with E-state index >= 15 is 0 Å². The van der Waals surface area contributed by atoms with Gasteiger partial charge >= 0.3 is 5.97 Å². The minimum atomic E-state index is -0.684. The van der Waals surface area contributed by atoms with Crippen LogP contribution < -0.4 is 0 Å². The van der Waals surface area contributed by atoms with Gasteiger partial charge in [0.2, 0.25) is 5.89 Å². The first kappa shape index (κ1) is 16.8. The molecule has 0 aliphatic rings. The van der Waals surface area contributed by atoms with Crippen molar-refractivity contribution in [3.63, 3.8) is 0 Å². The second kappa shape index (κ2) is 7.26. The van der Waals surface area contributed by atoms with Crippen molar-refractivity contribution >= 4 is 40.8 Å². The average molecular weight is 383 g/mol. The smallest absolute Gasteiger partial charge is 0.341 e. The SMILES string of the molecule is O=C(OCc1coc(-c2ccccc2)n1)c1c(Cl)ccc(Cl)c1Cl. The zero-order valence-corrected chi connectivity index (χ0v) is 14.4. The van der Waals surface area contributed by atoms with Gasteiger partial charge in [0.25, 0.3) is 0 Å². The van der Waals surface area contributed by atoms with Crippen LogP contribution >= 0.6 is 34.8 Å². The summed E-state index contributed by atoms with van der Waals surface area (Å²) < 4.78 is 10.6. The fourth-order valence-electron chi connectivity index (χ4n) is 2.01. The van der Waals surface area contributed by atoms with Crippen LogP contribution in [0, 0.1) is 0 Å². The highest BCUT2D eigenvalue weighted by atomic mass is 35.5. The summed E-state index contributed by atoms with van der Waals surface area (Å²) in [4.78, 5) is 16.5. The summed E-state index contributed by atoms with van der Waals surface area (Å²) in [6, 6.07) is 12.4. The van der Waals surface area contributed by atoms with Gasteiger partial charge in [0.05, 0.1) is 20.6 Å². The minimum Gasteiger partial charge on any atom is -0.455 e. The van der Waals surface area contributed by atoms with E-state index in [0.29, 0.717) is 11.6 Å². The summed E-state index contributed by atoms with van der Waals surface area (Å²) >= 11 is 17.9. The van der Waals surface area contributed by atoms with Crippen LogP contribution in [0.1, 0.15) is 16.1 Å². The van der Waals surface area contributed by atoms with Gasteiger partial charge in [-0.3, -0.25) is 0 Å². The minimum absolute atomic E-state index is 0.0256. The highest BCUT2D eigenvalue weighted by molar-refractivity contribution is 6.46. The van der Waals surface area contributed by atoms with Gasteiger partial charge in [0, 0.05) is 5.56 Å². The van der Waals surface area contributed by atoms with Crippen LogP contribution in [-0.4, -0.2) is 11.0 Å². The Kier molecular flexibility index (Phi) is 5.09. The molecule has 0 radical (unpaired) electrons. The Labute approximate surface area is 152 Å². The molecule has 3 rings (SSSR count). The molecule has 0 saturated heterocycles. The largest absolute Gasteiger partial charge is 0.455 e. The standard InChI is InChI=1S/C17H10Cl3NO3/c18-12-6-7-13(19)15(20)14(12)17(22)24-9-11-8-23-16(21-11)10-4-2-1-3-5-10/h1-8H,9H2. The summed E-state index contributed by atoms with van der Waals surface area (Å²) in [6.45, 7) is -0.0751. The van der Waals surface area contributed by atoms with Gasteiger partial charge in [-0.25, -0.2) is 9.78 Å². The van der Waals surface area contributed by atoms with Crippen molar-refractivity contribution in [1.82, 2.24) is 4.98 Å². The quantitative estimate of drug-likeness (QED) is 0.431. The number of hydrogen-bond donors (Lipinski definition) is 0. The highest BCUT2D eigenvalue weighted by Crippen LogP contribution is 2.32. The number of rotatable bonds is 4. The molecule has 7 heteroatoms. The maximum Gasteiger partial charge on any atom is 0.341 e. The molecule has 0 spiro atoms. The van der Waals surface area contributed by atoms with Gasteiger partial charge in [0.15, 0.2) is 0 Å². The molecule has 0 saturated carbocycles. The Morgan fingerprint density at radius 1 is 1.04 bits per heavy atom. The maximum absolute atomic E-state index is 12.2.